The molecule has 0 bridgehead atoms. The van der Waals surface area contributed by atoms with Crippen LogP contribution in [0.4, 0.5) is 0 Å². The number of aromatic nitrogens is 1. The molecule has 3 rings (SSSR count). The van der Waals surface area contributed by atoms with Crippen molar-refractivity contribution in [2.24, 2.45) is 7.05 Å². The van der Waals surface area contributed by atoms with Gasteiger partial charge in [0.2, 0.25) is 5.69 Å². The van der Waals surface area contributed by atoms with E-state index in [1.54, 1.807) is 30.3 Å². The van der Waals surface area contributed by atoms with Crippen LogP contribution in [0.2, 0.25) is 0 Å². The summed E-state index contributed by atoms with van der Waals surface area (Å²) in [6.07, 6.45) is 32.7. The Kier molecular flexibility index (Phi) is 25.2. The first kappa shape index (κ1) is 47.5. The lowest BCUT2D eigenvalue weighted by Gasteiger charge is -2.22. The Bertz CT molecular complexity index is 1520. The maximum Gasteiger partial charge on any atom is 0.265 e. The van der Waals surface area contributed by atoms with Crippen molar-refractivity contribution in [3.63, 3.8) is 0 Å². The number of carbonyl (C=O) groups is 2. The molecular weight excluding hydrogens is 709 g/mol. The number of nitrogens with zero attached hydrogens (tertiary/aromatic N) is 2. The summed E-state index contributed by atoms with van der Waals surface area (Å²) in [6, 6.07) is 18.1. The molecule has 0 radical (unpaired) electrons. The van der Waals surface area contributed by atoms with Crippen LogP contribution in [-0.2, 0) is 13.6 Å². The molecule has 1 heterocycles. The number of rotatable bonds is 33. The van der Waals surface area contributed by atoms with E-state index < -0.39 is 11.8 Å². The number of benzene rings is 2. The summed E-state index contributed by atoms with van der Waals surface area (Å²) in [5.41, 5.74) is 1.52. The standard InChI is InChI=1S/C50H77N2O5/c1-5-7-9-11-13-15-17-19-21-23-25-31-39-56-47-37-36-43(41-48(47)57-40-32-26-24-22-20-18-16-14-12-10-8-6-2)49(53)52(42-44-33-29-30-38-51(44)3)50(54)45-34-27-28-35-46(45)55-4/h27-30,33-38,41H,5-26,31-32,39-40,42H2,1-4H3/q+1. The van der Waals surface area contributed by atoms with Crippen LogP contribution in [0.1, 0.15) is 194 Å². The monoisotopic (exact) mass is 786 g/mol. The van der Waals surface area contributed by atoms with Crippen LogP contribution in [-0.4, -0.2) is 37.0 Å². The van der Waals surface area contributed by atoms with Crippen LogP contribution in [0.25, 0.3) is 0 Å². The van der Waals surface area contributed by atoms with Gasteiger partial charge in [-0.3, -0.25) is 14.5 Å². The Morgan fingerprint density at radius 1 is 0.526 bits per heavy atom. The van der Waals surface area contributed by atoms with Crippen LogP contribution in [0, 0.1) is 0 Å². The highest BCUT2D eigenvalue weighted by molar-refractivity contribution is 6.11. The summed E-state index contributed by atoms with van der Waals surface area (Å²) in [5.74, 6) is 0.791. The number of aryl methyl sites for hydroxylation is 1. The minimum atomic E-state index is -0.424. The molecule has 0 N–H and O–H groups in total. The molecule has 0 unspecified atom stereocenters. The van der Waals surface area contributed by atoms with Crippen LogP contribution >= 0.6 is 0 Å². The first-order chi connectivity index (χ1) is 28.0. The van der Waals surface area contributed by atoms with Crippen LogP contribution in [0.15, 0.2) is 66.9 Å². The van der Waals surface area contributed by atoms with Gasteiger partial charge in [0, 0.05) is 17.7 Å². The van der Waals surface area contributed by atoms with Crippen molar-refractivity contribution in [3.8, 4) is 17.2 Å². The molecule has 1 aromatic heterocycles. The second-order valence-corrected chi connectivity index (χ2v) is 15.8. The van der Waals surface area contributed by atoms with Crippen molar-refractivity contribution >= 4 is 11.8 Å². The summed E-state index contributed by atoms with van der Waals surface area (Å²) in [4.78, 5) is 29.8. The van der Waals surface area contributed by atoms with Crippen molar-refractivity contribution in [2.45, 2.75) is 174 Å². The number of carbonyl (C=O) groups excluding carboxylic acids is 2. The highest BCUT2D eigenvalue weighted by Gasteiger charge is 2.29. The van der Waals surface area contributed by atoms with E-state index in [4.69, 9.17) is 14.2 Å². The minimum absolute atomic E-state index is 0.0965. The summed E-state index contributed by atoms with van der Waals surface area (Å²) < 4.78 is 20.1. The van der Waals surface area contributed by atoms with Crippen molar-refractivity contribution in [2.75, 3.05) is 20.3 Å². The number of unbranched alkanes of at least 4 members (excludes halogenated alkanes) is 22. The lowest BCUT2D eigenvalue weighted by atomic mass is 10.1. The number of imide groups is 1. The van der Waals surface area contributed by atoms with Gasteiger partial charge in [-0.1, -0.05) is 173 Å². The zero-order valence-corrected chi connectivity index (χ0v) is 36.4. The highest BCUT2D eigenvalue weighted by Crippen LogP contribution is 2.31. The molecule has 57 heavy (non-hydrogen) atoms. The lowest BCUT2D eigenvalue weighted by molar-refractivity contribution is -0.679. The first-order valence-corrected chi connectivity index (χ1v) is 22.8. The Morgan fingerprint density at radius 3 is 1.51 bits per heavy atom. The normalized spacial score (nSPS) is 11.1. The molecule has 0 aliphatic carbocycles. The van der Waals surface area contributed by atoms with Gasteiger partial charge in [-0.05, 0) is 43.2 Å². The summed E-state index contributed by atoms with van der Waals surface area (Å²) in [6.45, 7) is 5.79. The third-order valence-corrected chi connectivity index (χ3v) is 11.0. The summed E-state index contributed by atoms with van der Waals surface area (Å²) >= 11 is 0. The number of amides is 2. The van der Waals surface area contributed by atoms with Crippen LogP contribution in [0.5, 0.6) is 17.2 Å². The fraction of sp³-hybridized carbons (Fsp3) is 0.620. The van der Waals surface area contributed by atoms with Crippen LogP contribution < -0.4 is 18.8 Å². The number of hydrogen-bond acceptors (Lipinski definition) is 5. The zero-order chi connectivity index (χ0) is 40.8. The summed E-state index contributed by atoms with van der Waals surface area (Å²) in [5, 5.41) is 0. The Labute approximate surface area is 346 Å². The number of ether oxygens (including phenoxy) is 3. The second kappa shape index (κ2) is 30.2. The Morgan fingerprint density at radius 2 is 1.00 bits per heavy atom. The third-order valence-electron chi connectivity index (χ3n) is 11.0. The molecule has 0 atom stereocenters. The van der Waals surface area contributed by atoms with Gasteiger partial charge in [0.25, 0.3) is 11.8 Å². The Balaban J connectivity index is 1.62. The van der Waals surface area contributed by atoms with Crippen molar-refractivity contribution in [1.29, 1.82) is 0 Å². The largest absolute Gasteiger partial charge is 0.496 e. The predicted molar refractivity (Wildman–Crippen MR) is 234 cm³/mol. The molecule has 2 aromatic carbocycles. The number of methoxy groups -OCH3 is 1. The molecule has 7 heteroatoms. The van der Waals surface area contributed by atoms with E-state index in [1.807, 2.05) is 48.1 Å². The SMILES string of the molecule is CCCCCCCCCCCCCCOc1ccc(C(=O)N(Cc2cccc[n+]2C)C(=O)c2ccccc2OC)cc1OCCCCCCCCCCCCCC. The van der Waals surface area contributed by atoms with Gasteiger partial charge in [0.15, 0.2) is 17.7 Å². The number of para-hydroxylation sites is 1. The van der Waals surface area contributed by atoms with Crippen molar-refractivity contribution < 1.29 is 28.4 Å². The average molecular weight is 786 g/mol. The van der Waals surface area contributed by atoms with E-state index in [-0.39, 0.29) is 6.54 Å². The number of hydrogen-bond donors (Lipinski definition) is 0. The van der Waals surface area contributed by atoms with Gasteiger partial charge in [0.1, 0.15) is 19.3 Å². The molecule has 3 aromatic rings. The molecule has 0 aliphatic rings. The topological polar surface area (TPSA) is 69.0 Å². The van der Waals surface area contributed by atoms with Gasteiger partial charge in [-0.25, -0.2) is 4.57 Å². The maximum atomic E-state index is 14.4. The lowest BCUT2D eigenvalue weighted by Crippen LogP contribution is -2.42. The molecule has 0 saturated heterocycles. The molecule has 2 amide bonds. The van der Waals surface area contributed by atoms with Crippen LogP contribution in [0.3, 0.4) is 0 Å². The fourth-order valence-electron chi connectivity index (χ4n) is 7.37. The van der Waals surface area contributed by atoms with E-state index in [0.29, 0.717) is 41.6 Å². The molecule has 7 nitrogen and oxygen atoms in total. The molecule has 0 spiro atoms. The van der Waals surface area contributed by atoms with E-state index >= 15 is 0 Å². The molecular formula is C50H77N2O5+. The highest BCUT2D eigenvalue weighted by atomic mass is 16.5. The quantitative estimate of drug-likeness (QED) is 0.0349. The molecule has 0 saturated carbocycles. The maximum absolute atomic E-state index is 14.4. The van der Waals surface area contributed by atoms with Gasteiger partial charge in [0.05, 0.1) is 25.9 Å². The van der Waals surface area contributed by atoms with Crippen molar-refractivity contribution in [1.82, 2.24) is 4.90 Å². The number of pyridine rings is 1. The molecule has 0 aliphatic heterocycles. The van der Waals surface area contributed by atoms with E-state index in [2.05, 4.69) is 13.8 Å². The smallest absolute Gasteiger partial charge is 0.265 e. The summed E-state index contributed by atoms with van der Waals surface area (Å²) in [7, 11) is 3.45. The minimum Gasteiger partial charge on any atom is -0.496 e. The van der Waals surface area contributed by atoms with E-state index in [9.17, 15) is 9.59 Å². The first-order valence-electron chi connectivity index (χ1n) is 22.8. The van der Waals surface area contributed by atoms with Gasteiger partial charge in [-0.15, -0.1) is 0 Å². The second-order valence-electron chi connectivity index (χ2n) is 15.8. The van der Waals surface area contributed by atoms with Crippen molar-refractivity contribution in [3.05, 3.63) is 83.7 Å². The Hall–Kier alpha value is -3.87. The molecule has 316 valence electrons. The van der Waals surface area contributed by atoms with Gasteiger partial charge < -0.3 is 14.2 Å². The van der Waals surface area contributed by atoms with E-state index in [1.165, 1.54) is 140 Å². The molecule has 0 fully saturated rings. The fourth-order valence-corrected chi connectivity index (χ4v) is 7.37. The third kappa shape index (κ3) is 19.0. The average Bonchev–Trinajstić information content (AvgIpc) is 3.23. The van der Waals surface area contributed by atoms with Gasteiger partial charge in [-0.2, -0.15) is 0 Å². The zero-order valence-electron chi connectivity index (χ0n) is 36.4. The van der Waals surface area contributed by atoms with Gasteiger partial charge >= 0.3 is 0 Å². The predicted octanol–water partition coefficient (Wildman–Crippen LogP) is 13.2. The van der Waals surface area contributed by atoms with E-state index in [0.717, 1.165) is 31.4 Å².